The van der Waals surface area contributed by atoms with Crippen molar-refractivity contribution in [2.75, 3.05) is 11.9 Å². The molecule has 0 saturated carbocycles. The third-order valence-electron chi connectivity index (χ3n) is 1.55. The van der Waals surface area contributed by atoms with Gasteiger partial charge in [-0.3, -0.25) is 0 Å². The lowest BCUT2D eigenvalue weighted by Gasteiger charge is -2.22. The van der Waals surface area contributed by atoms with Gasteiger partial charge in [0.15, 0.2) is 0 Å². The highest BCUT2D eigenvalue weighted by molar-refractivity contribution is 9.09. The molecule has 0 aromatic heterocycles. The molecule has 0 spiro atoms. The minimum Gasteiger partial charge on any atom is -0.376 e. The fraction of sp³-hybridized carbons (Fsp3) is 1.00. The Labute approximate surface area is 78.6 Å². The van der Waals surface area contributed by atoms with Gasteiger partial charge in [0.2, 0.25) is 0 Å². The van der Waals surface area contributed by atoms with Crippen LogP contribution in [-0.2, 0) is 4.74 Å². The summed E-state index contributed by atoms with van der Waals surface area (Å²) in [7, 11) is 0. The van der Waals surface area contributed by atoms with Gasteiger partial charge in [0, 0.05) is 5.33 Å². The van der Waals surface area contributed by atoms with Gasteiger partial charge in [-0.15, -0.1) is 0 Å². The molecule has 0 radical (unpaired) electrons. The second kappa shape index (κ2) is 5.15. The van der Waals surface area contributed by atoms with Gasteiger partial charge in [0.25, 0.3) is 0 Å². The number of alkyl halides is 1. The molecular formula is C9H19BrO. The lowest BCUT2D eigenvalue weighted by molar-refractivity contribution is -0.0189. The van der Waals surface area contributed by atoms with Crippen molar-refractivity contribution in [3.8, 4) is 0 Å². The lowest BCUT2D eigenvalue weighted by Crippen LogP contribution is -2.23. The largest absolute Gasteiger partial charge is 0.376 e. The molecule has 0 amide bonds. The van der Waals surface area contributed by atoms with Crippen molar-refractivity contribution in [1.82, 2.24) is 0 Å². The first-order valence-electron chi connectivity index (χ1n) is 4.19. The third-order valence-corrected chi connectivity index (χ3v) is 2.46. The zero-order valence-corrected chi connectivity index (χ0v) is 9.57. The van der Waals surface area contributed by atoms with Crippen LogP contribution in [0.5, 0.6) is 0 Å². The topological polar surface area (TPSA) is 9.23 Å². The Morgan fingerprint density at radius 1 is 1.36 bits per heavy atom. The van der Waals surface area contributed by atoms with E-state index in [1.54, 1.807) is 0 Å². The van der Waals surface area contributed by atoms with Crippen LogP contribution in [0.15, 0.2) is 0 Å². The van der Waals surface area contributed by atoms with Crippen molar-refractivity contribution in [3.63, 3.8) is 0 Å². The van der Waals surface area contributed by atoms with E-state index in [9.17, 15) is 0 Å². The molecule has 0 fully saturated rings. The van der Waals surface area contributed by atoms with E-state index in [-0.39, 0.29) is 5.60 Å². The van der Waals surface area contributed by atoms with Gasteiger partial charge in [-0.25, -0.2) is 0 Å². The maximum absolute atomic E-state index is 5.64. The first-order chi connectivity index (χ1) is 4.99. The van der Waals surface area contributed by atoms with Crippen molar-refractivity contribution in [1.29, 1.82) is 0 Å². The van der Waals surface area contributed by atoms with Gasteiger partial charge in [-0.1, -0.05) is 29.3 Å². The molecule has 0 aliphatic carbocycles. The minimum atomic E-state index is 0.00951. The Morgan fingerprint density at radius 2 is 1.91 bits per heavy atom. The summed E-state index contributed by atoms with van der Waals surface area (Å²) in [4.78, 5) is 0. The summed E-state index contributed by atoms with van der Waals surface area (Å²) in [6.45, 7) is 9.33. The number of rotatable bonds is 4. The molecule has 0 rings (SSSR count). The van der Waals surface area contributed by atoms with E-state index < -0.39 is 0 Å². The predicted octanol–water partition coefficient (Wildman–Crippen LogP) is 3.22. The Balaban J connectivity index is 3.51. The highest BCUT2D eigenvalue weighted by atomic mass is 79.9. The molecule has 68 valence electrons. The van der Waals surface area contributed by atoms with E-state index in [1.165, 1.54) is 6.42 Å². The Morgan fingerprint density at radius 3 is 2.18 bits per heavy atom. The van der Waals surface area contributed by atoms with Crippen molar-refractivity contribution in [2.45, 2.75) is 39.7 Å². The zero-order valence-electron chi connectivity index (χ0n) is 7.98. The van der Waals surface area contributed by atoms with Crippen molar-refractivity contribution >= 4 is 15.9 Å². The average Bonchev–Trinajstić information content (AvgIpc) is 1.88. The predicted molar refractivity (Wildman–Crippen MR) is 53.3 cm³/mol. The molecule has 1 unspecified atom stereocenters. The van der Waals surface area contributed by atoms with E-state index >= 15 is 0 Å². The van der Waals surface area contributed by atoms with E-state index in [4.69, 9.17) is 4.74 Å². The molecule has 11 heavy (non-hydrogen) atoms. The van der Waals surface area contributed by atoms with Crippen LogP contribution in [0.2, 0.25) is 0 Å². The summed E-state index contributed by atoms with van der Waals surface area (Å²) in [5, 5.41) is 1.04. The molecule has 1 nitrogen and oxygen atoms in total. The van der Waals surface area contributed by atoms with Crippen LogP contribution in [0, 0.1) is 5.92 Å². The maximum atomic E-state index is 5.64. The molecule has 0 aromatic carbocycles. The normalized spacial score (nSPS) is 15.0. The molecule has 0 aliphatic heterocycles. The van der Waals surface area contributed by atoms with Crippen molar-refractivity contribution in [2.24, 2.45) is 5.92 Å². The molecule has 0 saturated heterocycles. The second-order valence-corrected chi connectivity index (χ2v) is 4.50. The summed E-state index contributed by atoms with van der Waals surface area (Å²) >= 11 is 3.46. The van der Waals surface area contributed by atoms with Crippen LogP contribution in [0.25, 0.3) is 0 Å². The smallest absolute Gasteiger partial charge is 0.0598 e. The van der Waals surface area contributed by atoms with Crippen molar-refractivity contribution in [3.05, 3.63) is 0 Å². The lowest BCUT2D eigenvalue weighted by atomic mass is 10.1. The van der Waals surface area contributed by atoms with Crippen LogP contribution >= 0.6 is 15.9 Å². The Kier molecular flexibility index (Phi) is 5.36. The standard InChI is InChI=1S/C9H19BrO/c1-5-8(6-10)7-11-9(2,3)4/h8H,5-7H2,1-4H3. The summed E-state index contributed by atoms with van der Waals surface area (Å²) in [5.74, 6) is 0.661. The highest BCUT2D eigenvalue weighted by Crippen LogP contribution is 2.13. The van der Waals surface area contributed by atoms with E-state index in [2.05, 4.69) is 43.6 Å². The maximum Gasteiger partial charge on any atom is 0.0598 e. The van der Waals surface area contributed by atoms with Crippen molar-refractivity contribution < 1.29 is 4.74 Å². The Hall–Kier alpha value is 0.440. The van der Waals surface area contributed by atoms with Gasteiger partial charge < -0.3 is 4.74 Å². The van der Waals surface area contributed by atoms with Crippen LogP contribution in [0.1, 0.15) is 34.1 Å². The van der Waals surface area contributed by atoms with Crippen LogP contribution in [0.4, 0.5) is 0 Å². The summed E-state index contributed by atoms with van der Waals surface area (Å²) in [5.41, 5.74) is 0.00951. The monoisotopic (exact) mass is 222 g/mol. The molecular weight excluding hydrogens is 204 g/mol. The van der Waals surface area contributed by atoms with Gasteiger partial charge >= 0.3 is 0 Å². The SMILES string of the molecule is CCC(CBr)COC(C)(C)C. The van der Waals surface area contributed by atoms with E-state index in [1.807, 2.05) is 0 Å². The first-order valence-corrected chi connectivity index (χ1v) is 5.31. The van der Waals surface area contributed by atoms with Gasteiger partial charge in [0.1, 0.15) is 0 Å². The van der Waals surface area contributed by atoms with Crippen LogP contribution < -0.4 is 0 Å². The van der Waals surface area contributed by atoms with Crippen LogP contribution in [0.3, 0.4) is 0 Å². The highest BCUT2D eigenvalue weighted by Gasteiger charge is 2.13. The first kappa shape index (κ1) is 11.4. The molecule has 0 aromatic rings. The fourth-order valence-electron chi connectivity index (χ4n) is 0.639. The summed E-state index contributed by atoms with van der Waals surface area (Å²) in [6, 6.07) is 0. The summed E-state index contributed by atoms with van der Waals surface area (Å²) in [6.07, 6.45) is 1.18. The molecule has 0 heterocycles. The number of halogens is 1. The van der Waals surface area contributed by atoms with Crippen LogP contribution in [-0.4, -0.2) is 17.5 Å². The van der Waals surface area contributed by atoms with E-state index in [0.717, 1.165) is 11.9 Å². The zero-order chi connectivity index (χ0) is 8.91. The van der Waals surface area contributed by atoms with Gasteiger partial charge in [-0.05, 0) is 26.7 Å². The minimum absolute atomic E-state index is 0.00951. The molecule has 0 N–H and O–H groups in total. The molecule has 0 aliphatic rings. The van der Waals surface area contributed by atoms with Gasteiger partial charge in [0.05, 0.1) is 12.2 Å². The second-order valence-electron chi connectivity index (χ2n) is 3.85. The van der Waals surface area contributed by atoms with E-state index in [0.29, 0.717) is 5.92 Å². The number of ether oxygens (including phenoxy) is 1. The number of hydrogen-bond acceptors (Lipinski definition) is 1. The number of hydrogen-bond donors (Lipinski definition) is 0. The third kappa shape index (κ3) is 6.82. The average molecular weight is 223 g/mol. The molecule has 1 atom stereocenters. The fourth-order valence-corrected chi connectivity index (χ4v) is 1.28. The Bertz CT molecular complexity index is 92.2. The quantitative estimate of drug-likeness (QED) is 0.665. The molecule has 0 bridgehead atoms. The van der Waals surface area contributed by atoms with Gasteiger partial charge in [-0.2, -0.15) is 0 Å². The summed E-state index contributed by atoms with van der Waals surface area (Å²) < 4.78 is 5.64. The molecule has 2 heteroatoms.